The molecule has 0 atom stereocenters. The van der Waals surface area contributed by atoms with Crippen LogP contribution in [0.25, 0.3) is 0 Å². The van der Waals surface area contributed by atoms with Crippen molar-refractivity contribution < 1.29 is 17.9 Å². The number of amides is 1. The Kier molecular flexibility index (Phi) is 3.87. The smallest absolute Gasteiger partial charge is 0.247 e. The van der Waals surface area contributed by atoms with Gasteiger partial charge in [0, 0.05) is 12.7 Å². The number of anilines is 1. The number of aryl methyl sites for hydroxylation is 1. The van der Waals surface area contributed by atoms with Crippen LogP contribution in [0.4, 0.5) is 5.69 Å². The van der Waals surface area contributed by atoms with Gasteiger partial charge in [0.25, 0.3) is 0 Å². The van der Waals surface area contributed by atoms with Crippen LogP contribution in [0.15, 0.2) is 17.0 Å². The van der Waals surface area contributed by atoms with Gasteiger partial charge in [-0.15, -0.1) is 0 Å². The number of benzene rings is 1. The Morgan fingerprint density at radius 3 is 2.80 bits per heavy atom. The van der Waals surface area contributed by atoms with Crippen molar-refractivity contribution in [2.45, 2.75) is 17.7 Å². The Balaban J connectivity index is 2.51. The van der Waals surface area contributed by atoms with E-state index in [1.165, 1.54) is 13.1 Å². The largest absolute Gasteiger partial charge is 0.492 e. The van der Waals surface area contributed by atoms with E-state index in [1.807, 2.05) is 0 Å². The van der Waals surface area contributed by atoms with E-state index in [2.05, 4.69) is 0 Å². The summed E-state index contributed by atoms with van der Waals surface area (Å²) in [5, 5.41) is 0. The topological polar surface area (TPSA) is 116 Å². The van der Waals surface area contributed by atoms with Gasteiger partial charge in [-0.1, -0.05) is 0 Å². The van der Waals surface area contributed by atoms with Crippen LogP contribution in [0.1, 0.15) is 12.0 Å². The highest BCUT2D eigenvalue weighted by Crippen LogP contribution is 2.35. The summed E-state index contributed by atoms with van der Waals surface area (Å²) in [4.78, 5) is 10.9. The van der Waals surface area contributed by atoms with E-state index in [0.29, 0.717) is 24.5 Å². The van der Waals surface area contributed by atoms with Crippen LogP contribution in [0.3, 0.4) is 0 Å². The minimum Gasteiger partial charge on any atom is -0.492 e. The highest BCUT2D eigenvalue weighted by molar-refractivity contribution is 7.89. The SMILES string of the molecule is CN(CC(N)=O)S(=O)(=O)c1cc(N)cc2c1OCCC2. The van der Waals surface area contributed by atoms with Crippen molar-refractivity contribution in [1.82, 2.24) is 4.31 Å². The molecule has 1 heterocycles. The van der Waals surface area contributed by atoms with E-state index in [1.54, 1.807) is 6.07 Å². The Bertz CT molecular complexity index is 642. The van der Waals surface area contributed by atoms with E-state index in [9.17, 15) is 13.2 Å². The molecule has 2 rings (SSSR count). The molecule has 0 fully saturated rings. The van der Waals surface area contributed by atoms with E-state index in [-0.39, 0.29) is 4.90 Å². The number of carbonyl (C=O) groups is 1. The minimum atomic E-state index is -3.87. The fourth-order valence-corrected chi connectivity index (χ4v) is 3.48. The summed E-state index contributed by atoms with van der Waals surface area (Å²) in [6.45, 7) is 0.0604. The predicted octanol–water partition coefficient (Wildman–Crippen LogP) is -0.300. The molecule has 0 saturated heterocycles. The summed E-state index contributed by atoms with van der Waals surface area (Å²) in [5.74, 6) is -0.406. The van der Waals surface area contributed by atoms with Crippen molar-refractivity contribution in [3.63, 3.8) is 0 Å². The van der Waals surface area contributed by atoms with Crippen molar-refractivity contribution >= 4 is 21.6 Å². The average Bonchev–Trinajstić information content (AvgIpc) is 2.36. The van der Waals surface area contributed by atoms with Crippen molar-refractivity contribution in [3.05, 3.63) is 17.7 Å². The van der Waals surface area contributed by atoms with E-state index in [0.717, 1.165) is 16.3 Å². The fourth-order valence-electron chi connectivity index (χ4n) is 2.13. The first-order valence-corrected chi connectivity index (χ1v) is 7.56. The number of sulfonamides is 1. The highest BCUT2D eigenvalue weighted by Gasteiger charge is 2.29. The molecule has 20 heavy (non-hydrogen) atoms. The Labute approximate surface area is 117 Å². The number of ether oxygens (including phenoxy) is 1. The van der Waals surface area contributed by atoms with Gasteiger partial charge < -0.3 is 16.2 Å². The Morgan fingerprint density at radius 1 is 1.45 bits per heavy atom. The molecule has 0 radical (unpaired) electrons. The normalized spacial score (nSPS) is 14.7. The second-order valence-electron chi connectivity index (χ2n) is 4.69. The molecular formula is C12H17N3O4S. The van der Waals surface area contributed by atoms with Crippen LogP contribution >= 0.6 is 0 Å². The summed E-state index contributed by atoms with van der Waals surface area (Å²) >= 11 is 0. The van der Waals surface area contributed by atoms with Gasteiger partial charge in [-0.25, -0.2) is 8.42 Å². The minimum absolute atomic E-state index is 0.0176. The molecule has 0 spiro atoms. The molecule has 1 aliphatic rings. The third kappa shape index (κ3) is 2.70. The lowest BCUT2D eigenvalue weighted by Gasteiger charge is -2.23. The lowest BCUT2D eigenvalue weighted by molar-refractivity contribution is -0.118. The molecule has 110 valence electrons. The van der Waals surface area contributed by atoms with Crippen LogP contribution < -0.4 is 16.2 Å². The average molecular weight is 299 g/mol. The number of nitrogens with two attached hydrogens (primary N) is 2. The first kappa shape index (κ1) is 14.6. The van der Waals surface area contributed by atoms with Gasteiger partial charge in [0.05, 0.1) is 13.2 Å². The van der Waals surface area contributed by atoms with Gasteiger partial charge in [0.2, 0.25) is 15.9 Å². The van der Waals surface area contributed by atoms with E-state index < -0.39 is 22.5 Å². The Hall–Kier alpha value is -1.80. The molecular weight excluding hydrogens is 282 g/mol. The van der Waals surface area contributed by atoms with Gasteiger partial charge in [-0.3, -0.25) is 4.79 Å². The lowest BCUT2D eigenvalue weighted by Crippen LogP contribution is -2.35. The third-order valence-corrected chi connectivity index (χ3v) is 4.87. The van der Waals surface area contributed by atoms with Crippen molar-refractivity contribution in [2.75, 3.05) is 25.9 Å². The second kappa shape index (κ2) is 5.29. The predicted molar refractivity (Wildman–Crippen MR) is 73.7 cm³/mol. The first-order chi connectivity index (χ1) is 9.32. The first-order valence-electron chi connectivity index (χ1n) is 6.12. The van der Waals surface area contributed by atoms with Gasteiger partial charge in [0.15, 0.2) is 0 Å². The number of likely N-dealkylation sites (N-methyl/N-ethyl adjacent to an activating group) is 1. The number of hydrogen-bond acceptors (Lipinski definition) is 5. The maximum Gasteiger partial charge on any atom is 0.247 e. The molecule has 8 heteroatoms. The number of rotatable bonds is 4. The van der Waals surface area contributed by atoms with Crippen molar-refractivity contribution in [3.8, 4) is 5.75 Å². The number of fused-ring (bicyclic) bond motifs is 1. The lowest BCUT2D eigenvalue weighted by atomic mass is 10.1. The summed E-state index contributed by atoms with van der Waals surface area (Å²) in [5.41, 5.74) is 11.9. The quantitative estimate of drug-likeness (QED) is 0.740. The zero-order valence-corrected chi connectivity index (χ0v) is 11.9. The monoisotopic (exact) mass is 299 g/mol. The number of carbonyl (C=O) groups excluding carboxylic acids is 1. The molecule has 1 aliphatic heterocycles. The van der Waals surface area contributed by atoms with Crippen LogP contribution in [0, 0.1) is 0 Å². The molecule has 1 amide bonds. The second-order valence-corrected chi connectivity index (χ2v) is 6.70. The summed E-state index contributed by atoms with van der Waals surface area (Å²) in [7, 11) is -2.58. The molecule has 0 aliphatic carbocycles. The van der Waals surface area contributed by atoms with Gasteiger partial charge >= 0.3 is 0 Å². The molecule has 0 aromatic heterocycles. The number of nitrogens with zero attached hydrogens (tertiary/aromatic N) is 1. The van der Waals surface area contributed by atoms with E-state index >= 15 is 0 Å². The van der Waals surface area contributed by atoms with Crippen molar-refractivity contribution in [2.24, 2.45) is 5.73 Å². The van der Waals surface area contributed by atoms with Crippen LogP contribution in [-0.2, 0) is 21.2 Å². The summed E-state index contributed by atoms with van der Waals surface area (Å²) < 4.78 is 31.3. The molecule has 1 aromatic rings. The summed E-state index contributed by atoms with van der Waals surface area (Å²) in [6.07, 6.45) is 1.52. The third-order valence-electron chi connectivity index (χ3n) is 3.06. The molecule has 0 unspecified atom stereocenters. The fraction of sp³-hybridized carbons (Fsp3) is 0.417. The van der Waals surface area contributed by atoms with Crippen LogP contribution in [0.2, 0.25) is 0 Å². The standard InChI is InChI=1S/C12H17N3O4S/c1-15(7-11(14)16)20(17,18)10-6-9(13)5-8-3-2-4-19-12(8)10/h5-6H,2-4,7,13H2,1H3,(H2,14,16). The molecule has 1 aromatic carbocycles. The van der Waals surface area contributed by atoms with E-state index in [4.69, 9.17) is 16.2 Å². The molecule has 4 N–H and O–H groups in total. The van der Waals surface area contributed by atoms with Crippen LogP contribution in [0.5, 0.6) is 5.75 Å². The molecule has 7 nitrogen and oxygen atoms in total. The number of primary amides is 1. The maximum atomic E-state index is 12.5. The molecule has 0 bridgehead atoms. The zero-order valence-electron chi connectivity index (χ0n) is 11.1. The van der Waals surface area contributed by atoms with Gasteiger partial charge in [-0.05, 0) is 30.5 Å². The van der Waals surface area contributed by atoms with Gasteiger partial charge in [0.1, 0.15) is 10.6 Å². The van der Waals surface area contributed by atoms with Gasteiger partial charge in [-0.2, -0.15) is 4.31 Å². The highest BCUT2D eigenvalue weighted by atomic mass is 32.2. The van der Waals surface area contributed by atoms with Crippen LogP contribution in [-0.4, -0.2) is 38.8 Å². The maximum absolute atomic E-state index is 12.5. The molecule has 0 saturated carbocycles. The summed E-state index contributed by atoms with van der Waals surface area (Å²) in [6, 6.07) is 3.05. The number of nitrogen functional groups attached to an aromatic ring is 1. The van der Waals surface area contributed by atoms with Crippen molar-refractivity contribution in [1.29, 1.82) is 0 Å². The zero-order chi connectivity index (χ0) is 14.9. The number of hydrogen-bond donors (Lipinski definition) is 2. The Morgan fingerprint density at radius 2 is 2.15 bits per heavy atom.